The second kappa shape index (κ2) is 6.38. The summed E-state index contributed by atoms with van der Waals surface area (Å²) in [4.78, 5) is 15.9. The van der Waals surface area contributed by atoms with Crippen molar-refractivity contribution in [1.82, 2.24) is 4.98 Å². The van der Waals surface area contributed by atoms with Crippen molar-refractivity contribution in [3.05, 3.63) is 34.3 Å². The molecule has 0 saturated carbocycles. The minimum absolute atomic E-state index is 0.222. The van der Waals surface area contributed by atoms with Gasteiger partial charge in [-0.15, -0.1) is 11.3 Å². The maximum Gasteiger partial charge on any atom is 0.424 e. The summed E-state index contributed by atoms with van der Waals surface area (Å²) in [5, 5.41) is 13.4. The molecule has 2 aromatic rings. The van der Waals surface area contributed by atoms with E-state index in [0.29, 0.717) is 28.5 Å². The third kappa shape index (κ3) is 3.86. The lowest BCUT2D eigenvalue weighted by Gasteiger charge is -2.27. The molecule has 3 rings (SSSR count). The number of aromatic nitrogens is 1. The Labute approximate surface area is 156 Å². The number of aliphatic hydroxyl groups is 1. The normalized spacial score (nSPS) is 17.4. The molecule has 0 saturated heterocycles. The second-order valence-electron chi connectivity index (χ2n) is 6.64. The fourth-order valence-electron chi connectivity index (χ4n) is 2.58. The summed E-state index contributed by atoms with van der Waals surface area (Å²) in [5.74, 6) is -1.06. The predicted octanol–water partition coefficient (Wildman–Crippen LogP) is 3.74. The lowest BCUT2D eigenvalue weighted by Crippen LogP contribution is -2.45. The quantitative estimate of drug-likeness (QED) is 0.815. The molecule has 0 unspecified atom stereocenters. The molecule has 1 aromatic carbocycles. The molecule has 27 heavy (non-hydrogen) atoms. The monoisotopic (exact) mass is 402 g/mol. The van der Waals surface area contributed by atoms with Crippen molar-refractivity contribution in [2.24, 2.45) is 0 Å². The lowest BCUT2D eigenvalue weighted by molar-refractivity contribution is -0.266. The molecule has 1 atom stereocenters. The molecule has 1 aliphatic rings. The number of fused-ring (bicyclic) bond motifs is 1. The highest BCUT2D eigenvalue weighted by atomic mass is 32.1. The van der Waals surface area contributed by atoms with Gasteiger partial charge in [-0.3, -0.25) is 4.79 Å². The van der Waals surface area contributed by atoms with Gasteiger partial charge >= 0.3 is 6.18 Å². The predicted molar refractivity (Wildman–Crippen MR) is 91.8 cm³/mol. The minimum Gasteiger partial charge on any atom is -0.449 e. The summed E-state index contributed by atoms with van der Waals surface area (Å²) >= 11 is 0.650. The molecule has 2 N–H and O–H groups in total. The van der Waals surface area contributed by atoms with Crippen LogP contribution in [0.5, 0.6) is 11.5 Å². The smallest absolute Gasteiger partial charge is 0.424 e. The molecule has 1 amide bonds. The van der Waals surface area contributed by atoms with Crippen LogP contribution in [0, 0.1) is 6.92 Å². The van der Waals surface area contributed by atoms with Crippen LogP contribution in [0.1, 0.15) is 31.0 Å². The number of benzene rings is 1. The molecule has 6 nitrogen and oxygen atoms in total. The standard InChI is InChI=1S/C17H17F3N2O4S/c1-9-8-27-14(21-9)16(24,17(18,19)20)7-13(23)22-10-4-5-11-12(6-10)26-15(2,3)25-11/h4-6,8,24H,7H2,1-3H3,(H,22,23)/t16-/m0/s1. The van der Waals surface area contributed by atoms with E-state index in [2.05, 4.69) is 10.3 Å². The minimum atomic E-state index is -5.06. The molecule has 2 heterocycles. The number of amides is 1. The summed E-state index contributed by atoms with van der Waals surface area (Å²) < 4.78 is 51.4. The van der Waals surface area contributed by atoms with Crippen molar-refractivity contribution < 1.29 is 32.5 Å². The first-order valence-electron chi connectivity index (χ1n) is 7.93. The van der Waals surface area contributed by atoms with Gasteiger partial charge in [0, 0.05) is 36.7 Å². The summed E-state index contributed by atoms with van der Waals surface area (Å²) in [6, 6.07) is 4.46. The van der Waals surface area contributed by atoms with Crippen molar-refractivity contribution in [1.29, 1.82) is 0 Å². The Morgan fingerprint density at radius 2 is 1.96 bits per heavy atom. The molecule has 1 aromatic heterocycles. The number of halogens is 3. The van der Waals surface area contributed by atoms with Gasteiger partial charge in [0.05, 0.1) is 6.42 Å². The third-order valence-corrected chi connectivity index (χ3v) is 4.91. The van der Waals surface area contributed by atoms with E-state index >= 15 is 0 Å². The van der Waals surface area contributed by atoms with Crippen molar-refractivity contribution in [2.75, 3.05) is 5.32 Å². The summed E-state index contributed by atoms with van der Waals surface area (Å²) in [5.41, 5.74) is -2.81. The zero-order valence-electron chi connectivity index (χ0n) is 14.7. The van der Waals surface area contributed by atoms with Crippen LogP contribution in [-0.2, 0) is 10.4 Å². The van der Waals surface area contributed by atoms with E-state index in [1.807, 2.05) is 0 Å². The number of nitrogens with zero attached hydrogens (tertiary/aromatic N) is 1. The SMILES string of the molecule is Cc1csc([C@@](O)(CC(=O)Nc2ccc3c(c2)OC(C)(C)O3)C(F)(F)F)n1. The first-order valence-corrected chi connectivity index (χ1v) is 8.81. The van der Waals surface area contributed by atoms with Crippen molar-refractivity contribution >= 4 is 22.9 Å². The molecule has 0 aliphatic carbocycles. The molecular formula is C17H17F3N2O4S. The van der Waals surface area contributed by atoms with Crippen LogP contribution in [0.15, 0.2) is 23.6 Å². The Morgan fingerprint density at radius 3 is 2.56 bits per heavy atom. The fraction of sp³-hybridized carbons (Fsp3) is 0.412. The zero-order chi connectivity index (χ0) is 20.0. The molecule has 0 bridgehead atoms. The Balaban J connectivity index is 1.78. The number of alkyl halides is 3. The molecule has 0 radical (unpaired) electrons. The Morgan fingerprint density at radius 1 is 1.30 bits per heavy atom. The van der Waals surface area contributed by atoms with Gasteiger partial charge in [0.2, 0.25) is 17.3 Å². The number of carbonyl (C=O) groups is 1. The average Bonchev–Trinajstić information content (AvgIpc) is 3.07. The highest BCUT2D eigenvalue weighted by Crippen LogP contribution is 2.44. The van der Waals surface area contributed by atoms with Crippen LogP contribution in [0.25, 0.3) is 0 Å². The number of thiazole rings is 1. The topological polar surface area (TPSA) is 80.7 Å². The van der Waals surface area contributed by atoms with Gasteiger partial charge in [-0.05, 0) is 19.1 Å². The van der Waals surface area contributed by atoms with Crippen molar-refractivity contribution in [2.45, 2.75) is 44.8 Å². The first kappa shape index (κ1) is 19.4. The van der Waals surface area contributed by atoms with Crippen molar-refractivity contribution in [3.63, 3.8) is 0 Å². The van der Waals surface area contributed by atoms with Gasteiger partial charge in [0.1, 0.15) is 5.01 Å². The first-order chi connectivity index (χ1) is 12.4. The number of nitrogens with one attached hydrogen (secondary N) is 1. The molecule has 0 fully saturated rings. The summed E-state index contributed by atoms with van der Waals surface area (Å²) in [6.45, 7) is 4.90. The molecule has 1 aliphatic heterocycles. The largest absolute Gasteiger partial charge is 0.449 e. The van der Waals surface area contributed by atoms with Gasteiger partial charge in [-0.1, -0.05) is 0 Å². The van der Waals surface area contributed by atoms with Gasteiger partial charge in [0.15, 0.2) is 11.5 Å². The number of hydrogen-bond donors (Lipinski definition) is 2. The Hall–Kier alpha value is -2.33. The number of hydrogen-bond acceptors (Lipinski definition) is 6. The van der Waals surface area contributed by atoms with E-state index in [1.165, 1.54) is 24.4 Å². The van der Waals surface area contributed by atoms with Gasteiger partial charge < -0.3 is 19.9 Å². The second-order valence-corrected chi connectivity index (χ2v) is 7.50. The van der Waals surface area contributed by atoms with Gasteiger partial charge in [-0.2, -0.15) is 13.2 Å². The summed E-state index contributed by atoms with van der Waals surface area (Å²) in [6.07, 6.45) is -6.28. The van der Waals surface area contributed by atoms with Crippen LogP contribution in [0.2, 0.25) is 0 Å². The van der Waals surface area contributed by atoms with Gasteiger partial charge in [0.25, 0.3) is 0 Å². The highest BCUT2D eigenvalue weighted by Gasteiger charge is 2.58. The molecular weight excluding hydrogens is 385 g/mol. The number of anilines is 1. The molecule has 10 heteroatoms. The van der Waals surface area contributed by atoms with E-state index in [9.17, 15) is 23.1 Å². The number of rotatable bonds is 4. The van der Waals surface area contributed by atoms with E-state index in [1.54, 1.807) is 19.9 Å². The average molecular weight is 402 g/mol. The fourth-order valence-corrected chi connectivity index (χ4v) is 3.49. The molecule has 0 spiro atoms. The zero-order valence-corrected chi connectivity index (χ0v) is 15.5. The third-order valence-electron chi connectivity index (χ3n) is 3.80. The number of aryl methyl sites for hydroxylation is 1. The van der Waals surface area contributed by atoms with Crippen molar-refractivity contribution in [3.8, 4) is 11.5 Å². The van der Waals surface area contributed by atoms with Crippen LogP contribution in [0.3, 0.4) is 0 Å². The Bertz CT molecular complexity index is 881. The van der Waals surface area contributed by atoms with E-state index < -0.39 is 34.9 Å². The highest BCUT2D eigenvalue weighted by molar-refractivity contribution is 7.09. The van der Waals surface area contributed by atoms with Crippen LogP contribution in [-0.4, -0.2) is 28.0 Å². The van der Waals surface area contributed by atoms with E-state index in [-0.39, 0.29) is 5.69 Å². The van der Waals surface area contributed by atoms with Crippen LogP contribution < -0.4 is 14.8 Å². The van der Waals surface area contributed by atoms with Crippen LogP contribution >= 0.6 is 11.3 Å². The summed E-state index contributed by atoms with van der Waals surface area (Å²) in [7, 11) is 0. The van der Waals surface area contributed by atoms with E-state index in [4.69, 9.17) is 9.47 Å². The lowest BCUT2D eigenvalue weighted by atomic mass is 9.99. The Kier molecular flexibility index (Phi) is 4.59. The number of ether oxygens (including phenoxy) is 2. The van der Waals surface area contributed by atoms with E-state index in [0.717, 1.165) is 0 Å². The molecule has 146 valence electrons. The maximum atomic E-state index is 13.5. The maximum absolute atomic E-state index is 13.5. The van der Waals surface area contributed by atoms with Crippen LogP contribution in [0.4, 0.5) is 18.9 Å². The van der Waals surface area contributed by atoms with Gasteiger partial charge in [-0.25, -0.2) is 4.98 Å². The number of carbonyl (C=O) groups excluding carboxylic acids is 1.